The molecule has 0 saturated heterocycles. The average molecular weight is 775 g/mol. The van der Waals surface area contributed by atoms with Crippen LogP contribution >= 0.6 is 0 Å². The fourth-order valence-electron chi connectivity index (χ4n) is 8.80. The van der Waals surface area contributed by atoms with Crippen molar-refractivity contribution in [1.29, 1.82) is 0 Å². The molecule has 0 amide bonds. The summed E-state index contributed by atoms with van der Waals surface area (Å²) in [4.78, 5) is 0. The first-order chi connectivity index (χ1) is 29.4. The lowest BCUT2D eigenvalue weighted by Gasteiger charge is -2.16. The standard InChI is InChI=1S/C56H44N2.C2H6/c1-37-15-11-13-21-49(37)51-35-47(28-23-39(51)3)57-53-30-27-43(31-46(53)34-55(57)42-19-9-6-10-20-42)44-25-26-45-33-54(41-17-7-5-8-18-41)58(56(45)32-44)48-29-24-40(4)52(36-48)50-22-14-12-16-38(50)2;1-2/h5-36H,1-4H3;1-2H3. The van der Waals surface area contributed by atoms with Gasteiger partial charge in [-0.15, -0.1) is 0 Å². The summed E-state index contributed by atoms with van der Waals surface area (Å²) < 4.78 is 4.88. The Bertz CT molecular complexity index is 3140. The minimum absolute atomic E-state index is 1.15. The summed E-state index contributed by atoms with van der Waals surface area (Å²) >= 11 is 0. The van der Waals surface area contributed by atoms with Crippen molar-refractivity contribution in [3.63, 3.8) is 0 Å². The molecule has 0 fully saturated rings. The van der Waals surface area contributed by atoms with Crippen molar-refractivity contribution in [2.75, 3.05) is 0 Å². The van der Waals surface area contributed by atoms with Crippen LogP contribution in [-0.2, 0) is 0 Å². The van der Waals surface area contributed by atoms with E-state index in [1.807, 2.05) is 13.8 Å². The van der Waals surface area contributed by atoms with Gasteiger partial charge in [-0.05, 0) is 149 Å². The van der Waals surface area contributed by atoms with Crippen LogP contribution in [0.2, 0.25) is 0 Å². The highest BCUT2D eigenvalue weighted by Gasteiger charge is 2.18. The predicted molar refractivity (Wildman–Crippen MR) is 258 cm³/mol. The summed E-state index contributed by atoms with van der Waals surface area (Å²) in [6, 6.07) is 71.3. The second kappa shape index (κ2) is 16.2. The van der Waals surface area contributed by atoms with Gasteiger partial charge >= 0.3 is 0 Å². The van der Waals surface area contributed by atoms with Crippen LogP contribution < -0.4 is 0 Å². The third kappa shape index (κ3) is 6.95. The number of hydrogen-bond donors (Lipinski definition) is 0. The number of aromatic nitrogens is 2. The van der Waals surface area contributed by atoms with E-state index in [1.54, 1.807) is 0 Å². The van der Waals surface area contributed by atoms with E-state index in [9.17, 15) is 0 Å². The highest BCUT2D eigenvalue weighted by molar-refractivity contribution is 5.96. The van der Waals surface area contributed by atoms with E-state index < -0.39 is 0 Å². The Hall–Kier alpha value is -7.16. The molecular weight excluding hydrogens is 725 g/mol. The Kier molecular flexibility index (Phi) is 10.4. The van der Waals surface area contributed by atoms with Gasteiger partial charge in [0.1, 0.15) is 0 Å². The Labute approximate surface area is 354 Å². The maximum atomic E-state index is 2.45. The van der Waals surface area contributed by atoms with E-state index >= 15 is 0 Å². The quantitative estimate of drug-likeness (QED) is 0.153. The molecule has 0 unspecified atom stereocenters. The molecule has 60 heavy (non-hydrogen) atoms. The van der Waals surface area contributed by atoms with Gasteiger partial charge in [-0.3, -0.25) is 0 Å². The maximum absolute atomic E-state index is 2.45. The van der Waals surface area contributed by atoms with Gasteiger partial charge in [0.15, 0.2) is 0 Å². The number of nitrogens with zero attached hydrogens (tertiary/aromatic N) is 2. The van der Waals surface area contributed by atoms with Crippen LogP contribution in [0.1, 0.15) is 36.1 Å². The van der Waals surface area contributed by atoms with E-state index in [0.29, 0.717) is 0 Å². The van der Waals surface area contributed by atoms with Crippen molar-refractivity contribution in [2.24, 2.45) is 0 Å². The first-order valence-electron chi connectivity index (χ1n) is 21.2. The number of hydrogen-bond acceptors (Lipinski definition) is 0. The summed E-state index contributed by atoms with van der Waals surface area (Å²) in [5.41, 5.74) is 21.9. The molecule has 0 aliphatic rings. The van der Waals surface area contributed by atoms with E-state index in [-0.39, 0.29) is 0 Å². The van der Waals surface area contributed by atoms with Gasteiger partial charge in [0, 0.05) is 22.1 Å². The highest BCUT2D eigenvalue weighted by atomic mass is 15.0. The van der Waals surface area contributed by atoms with E-state index in [4.69, 9.17) is 0 Å². The lowest BCUT2D eigenvalue weighted by atomic mass is 9.96. The number of aryl methyl sites for hydroxylation is 4. The molecule has 0 aliphatic carbocycles. The lowest BCUT2D eigenvalue weighted by Crippen LogP contribution is -1.99. The van der Waals surface area contributed by atoms with E-state index in [1.165, 1.54) is 100.0 Å². The zero-order valence-electron chi connectivity index (χ0n) is 35.4. The van der Waals surface area contributed by atoms with Gasteiger partial charge in [-0.1, -0.05) is 153 Å². The molecule has 0 aliphatic heterocycles. The van der Waals surface area contributed by atoms with E-state index in [0.717, 1.165) is 11.4 Å². The average Bonchev–Trinajstić information content (AvgIpc) is 3.87. The van der Waals surface area contributed by atoms with Crippen LogP contribution in [0.15, 0.2) is 194 Å². The van der Waals surface area contributed by atoms with Crippen molar-refractivity contribution in [1.82, 2.24) is 9.13 Å². The molecule has 0 atom stereocenters. The van der Waals surface area contributed by atoms with Crippen molar-refractivity contribution >= 4 is 21.8 Å². The third-order valence-electron chi connectivity index (χ3n) is 11.9. The molecule has 2 aromatic heterocycles. The van der Waals surface area contributed by atoms with Crippen LogP contribution in [0, 0.1) is 27.7 Å². The molecule has 10 rings (SSSR count). The van der Waals surface area contributed by atoms with Crippen molar-refractivity contribution in [3.05, 3.63) is 216 Å². The minimum atomic E-state index is 1.15. The Morgan fingerprint density at radius 3 is 1.25 bits per heavy atom. The van der Waals surface area contributed by atoms with Gasteiger partial charge < -0.3 is 9.13 Å². The fraction of sp³-hybridized carbons (Fsp3) is 0.103. The van der Waals surface area contributed by atoms with Crippen molar-refractivity contribution in [3.8, 4) is 67.3 Å². The SMILES string of the molecule is CC.Cc1ccccc1-c1cc(-n2c(-c3ccccc3)cc3cc(-c4ccc5cc(-c6ccccc6)n(-c6ccc(C)c(-c7ccccc7C)c6)c5c4)ccc32)ccc1C. The van der Waals surface area contributed by atoms with Crippen molar-refractivity contribution in [2.45, 2.75) is 41.5 Å². The molecule has 0 saturated carbocycles. The fourth-order valence-corrected chi connectivity index (χ4v) is 8.80. The zero-order valence-corrected chi connectivity index (χ0v) is 35.4. The Morgan fingerprint density at radius 1 is 0.283 bits per heavy atom. The molecule has 0 N–H and O–H groups in total. The number of rotatable bonds is 7. The van der Waals surface area contributed by atoms with Gasteiger partial charge in [-0.25, -0.2) is 0 Å². The molecule has 10 aromatic rings. The molecule has 2 heterocycles. The van der Waals surface area contributed by atoms with Gasteiger partial charge in [0.2, 0.25) is 0 Å². The highest BCUT2D eigenvalue weighted by Crippen LogP contribution is 2.39. The summed E-state index contributed by atoms with van der Waals surface area (Å²) in [5, 5.41) is 2.42. The third-order valence-corrected chi connectivity index (χ3v) is 11.9. The molecule has 292 valence electrons. The number of benzene rings is 8. The summed E-state index contributed by atoms with van der Waals surface area (Å²) in [6.07, 6.45) is 0. The molecular formula is C58H50N2. The topological polar surface area (TPSA) is 9.86 Å². The molecule has 0 bridgehead atoms. The van der Waals surface area contributed by atoms with Crippen LogP contribution in [0.25, 0.3) is 89.1 Å². The van der Waals surface area contributed by atoms with Gasteiger partial charge in [0.25, 0.3) is 0 Å². The zero-order chi connectivity index (χ0) is 41.3. The molecule has 2 heteroatoms. The Balaban J connectivity index is 0.00000228. The summed E-state index contributed by atoms with van der Waals surface area (Å²) in [6.45, 7) is 12.8. The molecule has 0 spiro atoms. The Morgan fingerprint density at radius 2 is 0.717 bits per heavy atom. The van der Waals surface area contributed by atoms with Gasteiger partial charge in [-0.2, -0.15) is 0 Å². The van der Waals surface area contributed by atoms with E-state index in [2.05, 4.69) is 231 Å². The minimum Gasteiger partial charge on any atom is -0.309 e. The predicted octanol–water partition coefficient (Wildman–Crippen LogP) is 16.2. The first-order valence-corrected chi connectivity index (χ1v) is 21.2. The first kappa shape index (κ1) is 38.4. The lowest BCUT2D eigenvalue weighted by molar-refractivity contribution is 1.13. The van der Waals surface area contributed by atoms with Crippen LogP contribution in [0.5, 0.6) is 0 Å². The maximum Gasteiger partial charge on any atom is 0.0541 e. The smallest absolute Gasteiger partial charge is 0.0541 e. The van der Waals surface area contributed by atoms with Crippen molar-refractivity contribution < 1.29 is 0 Å². The summed E-state index contributed by atoms with van der Waals surface area (Å²) in [5.74, 6) is 0. The summed E-state index contributed by atoms with van der Waals surface area (Å²) in [7, 11) is 0. The molecule has 8 aromatic carbocycles. The molecule has 0 radical (unpaired) electrons. The largest absolute Gasteiger partial charge is 0.309 e. The van der Waals surface area contributed by atoms with Crippen LogP contribution in [-0.4, -0.2) is 9.13 Å². The normalized spacial score (nSPS) is 11.2. The van der Waals surface area contributed by atoms with Crippen LogP contribution in [0.3, 0.4) is 0 Å². The molecule has 2 nitrogen and oxygen atoms in total. The number of fused-ring (bicyclic) bond motifs is 2. The van der Waals surface area contributed by atoms with Crippen LogP contribution in [0.4, 0.5) is 0 Å². The second-order valence-electron chi connectivity index (χ2n) is 15.6. The van der Waals surface area contributed by atoms with Gasteiger partial charge in [0.05, 0.1) is 22.4 Å². The second-order valence-corrected chi connectivity index (χ2v) is 15.6. The monoisotopic (exact) mass is 774 g/mol.